The summed E-state index contributed by atoms with van der Waals surface area (Å²) in [6.45, 7) is 4.29. The highest BCUT2D eigenvalue weighted by Crippen LogP contribution is 2.32. The van der Waals surface area contributed by atoms with Crippen LogP contribution in [0.1, 0.15) is 24.2 Å². The average Bonchev–Trinajstić information content (AvgIpc) is 2.34. The molecular weight excluding hydrogens is 328 g/mol. The maximum Gasteiger partial charge on any atom is 0.270 e. The second-order valence-electron chi connectivity index (χ2n) is 5.34. The van der Waals surface area contributed by atoms with Crippen LogP contribution in [-0.2, 0) is 0 Å². The topological polar surface area (TPSA) is 83.7 Å². The first-order valence-corrected chi connectivity index (χ1v) is 6.99. The van der Waals surface area contributed by atoms with E-state index in [1.54, 1.807) is 0 Å². The first-order chi connectivity index (χ1) is 9.24. The minimum Gasteiger partial charge on any atom is -0.386 e. The smallest absolute Gasteiger partial charge is 0.270 e. The normalized spacial score (nSPS) is 16.9. The van der Waals surface area contributed by atoms with Crippen molar-refractivity contribution in [2.24, 2.45) is 5.92 Å². The van der Waals surface area contributed by atoms with Crippen molar-refractivity contribution in [3.8, 4) is 0 Å². The lowest BCUT2D eigenvalue weighted by atomic mass is 9.82. The van der Waals surface area contributed by atoms with Crippen molar-refractivity contribution in [3.05, 3.63) is 38.3 Å². The fraction of sp³-hybridized carbons (Fsp3) is 0.462. The molecule has 0 bridgehead atoms. The molecule has 2 rings (SSSR count). The lowest BCUT2D eigenvalue weighted by molar-refractivity contribution is -0.384. The number of β-amino-alcohol motifs (C(OH)–C–C–N with tert-alkyl or cyclic N) is 1. The molecule has 1 aromatic rings. The first-order valence-electron chi connectivity index (χ1n) is 6.20. The number of aliphatic hydroxyl groups is 1. The molecule has 1 aliphatic rings. The van der Waals surface area contributed by atoms with Crippen LogP contribution in [0.25, 0.3) is 0 Å². The molecule has 1 heterocycles. The summed E-state index contributed by atoms with van der Waals surface area (Å²) < 4.78 is 0.507. The van der Waals surface area contributed by atoms with Crippen molar-refractivity contribution < 1.29 is 14.8 Å². The minimum atomic E-state index is -0.858. The standard InChI is InChI=1S/C13H15BrN2O4/c1-8(2)13(18)6-15(7-13)12(17)10-5-9(16(19)20)3-4-11(10)14/h3-5,8,18H,6-7H2,1-2H3. The third kappa shape index (κ3) is 2.55. The van der Waals surface area contributed by atoms with Gasteiger partial charge in [0.25, 0.3) is 11.6 Å². The maximum atomic E-state index is 12.3. The molecule has 1 amide bonds. The van der Waals surface area contributed by atoms with Gasteiger partial charge in [0, 0.05) is 16.6 Å². The molecular formula is C13H15BrN2O4. The van der Waals surface area contributed by atoms with Gasteiger partial charge >= 0.3 is 0 Å². The lowest BCUT2D eigenvalue weighted by Gasteiger charge is -2.49. The van der Waals surface area contributed by atoms with E-state index in [0.29, 0.717) is 4.47 Å². The van der Waals surface area contributed by atoms with Crippen LogP contribution in [-0.4, -0.2) is 39.5 Å². The molecule has 0 saturated carbocycles. The highest BCUT2D eigenvalue weighted by Gasteiger charge is 2.46. The third-order valence-electron chi connectivity index (χ3n) is 3.68. The zero-order chi connectivity index (χ0) is 15.1. The molecule has 0 radical (unpaired) electrons. The molecule has 1 fully saturated rings. The number of amides is 1. The molecule has 0 unspecified atom stereocenters. The van der Waals surface area contributed by atoms with Gasteiger partial charge in [-0.3, -0.25) is 14.9 Å². The van der Waals surface area contributed by atoms with E-state index in [-0.39, 0.29) is 36.2 Å². The highest BCUT2D eigenvalue weighted by atomic mass is 79.9. The van der Waals surface area contributed by atoms with Crippen LogP contribution >= 0.6 is 15.9 Å². The Hall–Kier alpha value is -1.47. The van der Waals surface area contributed by atoms with Gasteiger partial charge in [0.05, 0.1) is 23.6 Å². The van der Waals surface area contributed by atoms with E-state index in [0.717, 1.165) is 0 Å². The second kappa shape index (κ2) is 5.14. The Morgan fingerprint density at radius 3 is 2.60 bits per heavy atom. The van der Waals surface area contributed by atoms with Crippen molar-refractivity contribution in [1.82, 2.24) is 4.90 Å². The summed E-state index contributed by atoms with van der Waals surface area (Å²) in [5.74, 6) is -0.258. The Bertz CT molecular complexity index is 567. The summed E-state index contributed by atoms with van der Waals surface area (Å²) in [5.41, 5.74) is -0.746. The fourth-order valence-electron chi connectivity index (χ4n) is 2.08. The Balaban J connectivity index is 2.19. The maximum absolute atomic E-state index is 12.3. The van der Waals surface area contributed by atoms with E-state index in [4.69, 9.17) is 0 Å². The van der Waals surface area contributed by atoms with Crippen molar-refractivity contribution in [2.45, 2.75) is 19.4 Å². The van der Waals surface area contributed by atoms with Gasteiger partial charge in [-0.05, 0) is 27.9 Å². The number of hydrogen-bond acceptors (Lipinski definition) is 4. The molecule has 1 aromatic carbocycles. The van der Waals surface area contributed by atoms with Gasteiger partial charge in [-0.1, -0.05) is 13.8 Å². The molecule has 108 valence electrons. The molecule has 0 atom stereocenters. The van der Waals surface area contributed by atoms with E-state index in [2.05, 4.69) is 15.9 Å². The van der Waals surface area contributed by atoms with Crippen LogP contribution in [0.5, 0.6) is 0 Å². The van der Waals surface area contributed by atoms with Gasteiger partial charge in [0.2, 0.25) is 0 Å². The number of non-ortho nitro benzene ring substituents is 1. The molecule has 0 aromatic heterocycles. The summed E-state index contributed by atoms with van der Waals surface area (Å²) in [7, 11) is 0. The minimum absolute atomic E-state index is 0.0556. The molecule has 1 saturated heterocycles. The predicted molar refractivity (Wildman–Crippen MR) is 76.5 cm³/mol. The van der Waals surface area contributed by atoms with E-state index < -0.39 is 10.5 Å². The molecule has 0 spiro atoms. The predicted octanol–water partition coefficient (Wildman–Crippen LogP) is 2.20. The fourth-order valence-corrected chi connectivity index (χ4v) is 2.50. The van der Waals surface area contributed by atoms with Crippen LogP contribution in [0.4, 0.5) is 5.69 Å². The average molecular weight is 343 g/mol. The largest absolute Gasteiger partial charge is 0.386 e. The van der Waals surface area contributed by atoms with Gasteiger partial charge in [0.1, 0.15) is 5.60 Å². The number of halogens is 1. The number of benzene rings is 1. The first kappa shape index (κ1) is 14.9. The highest BCUT2D eigenvalue weighted by molar-refractivity contribution is 9.10. The van der Waals surface area contributed by atoms with E-state index >= 15 is 0 Å². The van der Waals surface area contributed by atoms with Gasteiger partial charge < -0.3 is 10.0 Å². The molecule has 0 aliphatic carbocycles. The van der Waals surface area contributed by atoms with Crippen LogP contribution in [0.3, 0.4) is 0 Å². The van der Waals surface area contributed by atoms with Crippen molar-refractivity contribution in [2.75, 3.05) is 13.1 Å². The number of rotatable bonds is 3. The number of hydrogen-bond donors (Lipinski definition) is 1. The summed E-state index contributed by atoms with van der Waals surface area (Å²) in [6, 6.07) is 4.07. The van der Waals surface area contributed by atoms with E-state index in [9.17, 15) is 20.0 Å². The number of carbonyl (C=O) groups excluding carboxylic acids is 1. The van der Waals surface area contributed by atoms with Crippen molar-refractivity contribution in [1.29, 1.82) is 0 Å². The Labute approximate surface area is 124 Å². The number of nitro groups is 1. The Kier molecular flexibility index (Phi) is 3.84. The molecule has 1 aliphatic heterocycles. The van der Waals surface area contributed by atoms with Crippen molar-refractivity contribution in [3.63, 3.8) is 0 Å². The number of nitrogens with zero attached hydrogens (tertiary/aromatic N) is 2. The molecule has 1 N–H and O–H groups in total. The summed E-state index contributed by atoms with van der Waals surface area (Å²) in [5, 5.41) is 20.9. The summed E-state index contributed by atoms with van der Waals surface area (Å²) >= 11 is 3.23. The van der Waals surface area contributed by atoms with Crippen molar-refractivity contribution >= 4 is 27.5 Å². The monoisotopic (exact) mass is 342 g/mol. The third-order valence-corrected chi connectivity index (χ3v) is 4.37. The number of carbonyl (C=O) groups is 1. The van der Waals surface area contributed by atoms with Crippen LogP contribution in [0, 0.1) is 16.0 Å². The summed E-state index contributed by atoms with van der Waals surface area (Å²) in [6.07, 6.45) is 0. The molecule has 6 nitrogen and oxygen atoms in total. The van der Waals surface area contributed by atoms with Gasteiger partial charge in [-0.15, -0.1) is 0 Å². The summed E-state index contributed by atoms with van der Waals surface area (Å²) in [4.78, 5) is 24.0. The molecule has 7 heteroatoms. The van der Waals surface area contributed by atoms with Gasteiger partial charge in [-0.25, -0.2) is 0 Å². The number of nitro benzene ring substituents is 1. The van der Waals surface area contributed by atoms with E-state index in [1.807, 2.05) is 13.8 Å². The number of likely N-dealkylation sites (tertiary alicyclic amines) is 1. The van der Waals surface area contributed by atoms with Crippen LogP contribution in [0.15, 0.2) is 22.7 Å². The van der Waals surface area contributed by atoms with Crippen LogP contribution < -0.4 is 0 Å². The quantitative estimate of drug-likeness (QED) is 0.674. The van der Waals surface area contributed by atoms with Crippen LogP contribution in [0.2, 0.25) is 0 Å². The molecule has 20 heavy (non-hydrogen) atoms. The van der Waals surface area contributed by atoms with Gasteiger partial charge in [0.15, 0.2) is 0 Å². The zero-order valence-electron chi connectivity index (χ0n) is 11.2. The van der Waals surface area contributed by atoms with Gasteiger partial charge in [-0.2, -0.15) is 0 Å². The Morgan fingerprint density at radius 1 is 1.50 bits per heavy atom. The second-order valence-corrected chi connectivity index (χ2v) is 6.20. The van der Waals surface area contributed by atoms with E-state index in [1.165, 1.54) is 23.1 Å². The lowest BCUT2D eigenvalue weighted by Crippen LogP contribution is -2.66. The SMILES string of the molecule is CC(C)C1(O)CN(C(=O)c2cc([N+](=O)[O-])ccc2Br)C1. The Morgan fingerprint density at radius 2 is 2.10 bits per heavy atom. The zero-order valence-corrected chi connectivity index (χ0v) is 12.8.